The summed E-state index contributed by atoms with van der Waals surface area (Å²) >= 11 is 0. The van der Waals surface area contributed by atoms with Crippen LogP contribution in [0.15, 0.2) is 71.8 Å². The summed E-state index contributed by atoms with van der Waals surface area (Å²) in [5, 5.41) is 9.60. The van der Waals surface area contributed by atoms with Crippen LogP contribution in [0.25, 0.3) is 10.8 Å². The highest BCUT2D eigenvalue weighted by atomic mass is 16.5. The average molecular weight is 328 g/mol. The quantitative estimate of drug-likeness (QED) is 0.619. The van der Waals surface area contributed by atoms with Crippen molar-refractivity contribution < 1.29 is 4.74 Å². The highest BCUT2D eigenvalue weighted by molar-refractivity contribution is 6.04. The molecule has 0 aromatic heterocycles. The van der Waals surface area contributed by atoms with Crippen LogP contribution in [0.1, 0.15) is 37.4 Å². The molecule has 0 radical (unpaired) electrons. The van der Waals surface area contributed by atoms with Gasteiger partial charge in [-0.1, -0.05) is 54.6 Å². The van der Waals surface area contributed by atoms with Crippen LogP contribution in [0, 0.1) is 0 Å². The predicted molar refractivity (Wildman–Crippen MR) is 101 cm³/mol. The zero-order chi connectivity index (χ0) is 17.0. The Kier molecular flexibility index (Phi) is 2.96. The van der Waals surface area contributed by atoms with E-state index in [2.05, 4.69) is 79.5 Å². The lowest BCUT2D eigenvalue weighted by Crippen LogP contribution is -2.48. The van der Waals surface area contributed by atoms with E-state index in [1.807, 2.05) is 6.07 Å². The summed E-state index contributed by atoms with van der Waals surface area (Å²) in [5.74, 6) is 0.976. The largest absolute Gasteiger partial charge is 0.467 e. The van der Waals surface area contributed by atoms with Crippen molar-refractivity contribution in [3.63, 3.8) is 0 Å². The molecule has 5 rings (SSSR count). The Hall–Kier alpha value is -2.81. The topological polar surface area (TPSA) is 24.8 Å². The predicted octanol–water partition coefficient (Wildman–Crippen LogP) is 5.12. The van der Waals surface area contributed by atoms with E-state index in [9.17, 15) is 0 Å². The first-order valence-electron chi connectivity index (χ1n) is 8.76. The molecule has 0 N–H and O–H groups in total. The van der Waals surface area contributed by atoms with Crippen molar-refractivity contribution in [2.45, 2.75) is 32.0 Å². The van der Waals surface area contributed by atoms with Gasteiger partial charge in [-0.05, 0) is 42.3 Å². The van der Waals surface area contributed by atoms with E-state index < -0.39 is 5.72 Å². The van der Waals surface area contributed by atoms with Gasteiger partial charge in [-0.25, -0.2) is 5.01 Å². The fourth-order valence-corrected chi connectivity index (χ4v) is 3.96. The molecule has 0 saturated heterocycles. The minimum Gasteiger partial charge on any atom is -0.467 e. The molecule has 2 heterocycles. The Morgan fingerprint density at radius 2 is 1.72 bits per heavy atom. The van der Waals surface area contributed by atoms with Gasteiger partial charge in [0.2, 0.25) is 0 Å². The number of fused-ring (bicyclic) bond motifs is 4. The fraction of sp³-hybridized carbons (Fsp3) is 0.227. The van der Waals surface area contributed by atoms with Gasteiger partial charge in [-0.3, -0.25) is 0 Å². The summed E-state index contributed by atoms with van der Waals surface area (Å²) in [4.78, 5) is 0. The molecule has 1 atom stereocenters. The lowest BCUT2D eigenvalue weighted by atomic mass is 9.94. The Morgan fingerprint density at radius 3 is 2.60 bits per heavy atom. The number of hydrogen-bond acceptors (Lipinski definition) is 3. The number of nitrogens with zero attached hydrogens (tertiary/aromatic N) is 2. The van der Waals surface area contributed by atoms with Crippen LogP contribution in [0.2, 0.25) is 0 Å². The highest BCUT2D eigenvalue weighted by Gasteiger charge is 2.44. The molecule has 0 amide bonds. The highest BCUT2D eigenvalue weighted by Crippen LogP contribution is 2.46. The van der Waals surface area contributed by atoms with Gasteiger partial charge in [-0.15, -0.1) is 0 Å². The van der Waals surface area contributed by atoms with Crippen molar-refractivity contribution in [3.05, 3.63) is 77.9 Å². The van der Waals surface area contributed by atoms with E-state index in [0.717, 1.165) is 17.9 Å². The van der Waals surface area contributed by atoms with E-state index in [0.29, 0.717) is 0 Å². The first-order chi connectivity index (χ1) is 12.1. The Bertz CT molecular complexity index is 1010. The van der Waals surface area contributed by atoms with Crippen LogP contribution in [0.5, 0.6) is 5.75 Å². The average Bonchev–Trinajstić information content (AvgIpc) is 3.08. The minimum absolute atomic E-state index is 0.237. The van der Waals surface area contributed by atoms with Gasteiger partial charge in [-0.2, -0.15) is 5.10 Å². The molecule has 0 aliphatic carbocycles. The maximum Gasteiger partial charge on any atom is 0.192 e. The van der Waals surface area contributed by atoms with Gasteiger partial charge in [0.1, 0.15) is 5.75 Å². The summed E-state index contributed by atoms with van der Waals surface area (Å²) < 4.78 is 6.21. The van der Waals surface area contributed by atoms with E-state index in [1.54, 1.807) is 0 Å². The first-order valence-corrected chi connectivity index (χ1v) is 8.76. The van der Waals surface area contributed by atoms with Gasteiger partial charge < -0.3 is 4.74 Å². The van der Waals surface area contributed by atoms with Crippen LogP contribution >= 0.6 is 0 Å². The van der Waals surface area contributed by atoms with Gasteiger partial charge in [0.05, 0.1) is 11.8 Å². The Labute approximate surface area is 147 Å². The summed E-state index contributed by atoms with van der Waals surface area (Å²) in [6.07, 6.45) is 0.905. The van der Waals surface area contributed by atoms with E-state index in [4.69, 9.17) is 9.84 Å². The first kappa shape index (κ1) is 14.5. The third kappa shape index (κ3) is 2.23. The van der Waals surface area contributed by atoms with Crippen LogP contribution in [-0.4, -0.2) is 16.4 Å². The summed E-state index contributed by atoms with van der Waals surface area (Å²) in [5.41, 5.74) is 3.10. The zero-order valence-corrected chi connectivity index (χ0v) is 14.4. The van der Waals surface area contributed by atoms with Crippen LogP contribution < -0.4 is 4.74 Å². The number of benzene rings is 3. The van der Waals surface area contributed by atoms with Crippen LogP contribution in [0.3, 0.4) is 0 Å². The maximum absolute atomic E-state index is 6.21. The third-order valence-electron chi connectivity index (χ3n) is 5.18. The summed E-state index contributed by atoms with van der Waals surface area (Å²) in [6, 6.07) is 23.6. The summed E-state index contributed by atoms with van der Waals surface area (Å²) in [7, 11) is 0. The van der Waals surface area contributed by atoms with Crippen molar-refractivity contribution in [2.24, 2.45) is 5.10 Å². The van der Waals surface area contributed by atoms with Crippen molar-refractivity contribution in [3.8, 4) is 5.75 Å². The molecule has 124 valence electrons. The molecule has 2 aliphatic rings. The van der Waals surface area contributed by atoms with Crippen LogP contribution in [-0.2, 0) is 0 Å². The SMILES string of the molecule is CC1(C)Oc2ccccc2[C@H]2CC(c3ccc4ccccc4c3)=NN21. The molecular weight excluding hydrogens is 308 g/mol. The van der Waals surface area contributed by atoms with Gasteiger partial charge in [0.25, 0.3) is 0 Å². The molecule has 25 heavy (non-hydrogen) atoms. The number of rotatable bonds is 1. The van der Waals surface area contributed by atoms with E-state index in [-0.39, 0.29) is 6.04 Å². The Balaban J connectivity index is 1.59. The molecule has 3 nitrogen and oxygen atoms in total. The van der Waals surface area contributed by atoms with E-state index >= 15 is 0 Å². The monoisotopic (exact) mass is 328 g/mol. The van der Waals surface area contributed by atoms with Crippen molar-refractivity contribution >= 4 is 16.5 Å². The fourth-order valence-electron chi connectivity index (χ4n) is 3.96. The molecule has 2 aliphatic heterocycles. The second-order valence-corrected chi connectivity index (χ2v) is 7.26. The molecule has 3 aromatic carbocycles. The van der Waals surface area contributed by atoms with Gasteiger partial charge in [0, 0.05) is 12.0 Å². The van der Waals surface area contributed by atoms with Crippen LogP contribution in [0.4, 0.5) is 0 Å². The van der Waals surface area contributed by atoms with Gasteiger partial charge in [0.15, 0.2) is 5.72 Å². The lowest BCUT2D eigenvalue weighted by molar-refractivity contribution is -0.0911. The third-order valence-corrected chi connectivity index (χ3v) is 5.18. The molecule has 0 fully saturated rings. The number of hydrogen-bond donors (Lipinski definition) is 0. The van der Waals surface area contributed by atoms with Crippen molar-refractivity contribution in [2.75, 3.05) is 0 Å². The lowest BCUT2D eigenvalue weighted by Gasteiger charge is -2.43. The normalized spacial score (nSPS) is 20.6. The van der Waals surface area contributed by atoms with Gasteiger partial charge >= 0.3 is 0 Å². The Morgan fingerprint density at radius 1 is 0.960 bits per heavy atom. The second kappa shape index (κ2) is 5.09. The standard InChI is InChI=1S/C22H20N2O/c1-22(2)24-20(18-9-5-6-10-21(18)25-22)14-19(23-24)17-12-11-15-7-3-4-8-16(15)13-17/h3-13,20H,14H2,1-2H3/t20-/m1/s1. The van der Waals surface area contributed by atoms with E-state index in [1.165, 1.54) is 21.9 Å². The molecule has 0 spiro atoms. The minimum atomic E-state index is -0.447. The second-order valence-electron chi connectivity index (χ2n) is 7.26. The molecule has 0 bridgehead atoms. The molecule has 3 heteroatoms. The molecular formula is C22H20N2O. The molecule has 0 unspecified atom stereocenters. The van der Waals surface area contributed by atoms with Crippen molar-refractivity contribution in [1.29, 1.82) is 0 Å². The smallest absolute Gasteiger partial charge is 0.192 e. The molecule has 3 aromatic rings. The zero-order valence-electron chi connectivity index (χ0n) is 14.4. The summed E-state index contributed by atoms with van der Waals surface area (Å²) in [6.45, 7) is 4.17. The number of para-hydroxylation sites is 1. The number of ether oxygens (including phenoxy) is 1. The van der Waals surface area contributed by atoms with Crippen molar-refractivity contribution in [1.82, 2.24) is 5.01 Å². The molecule has 0 saturated carbocycles. The maximum atomic E-state index is 6.21. The number of hydrazone groups is 1.